The van der Waals surface area contributed by atoms with Crippen LogP contribution in [0.3, 0.4) is 0 Å². The molecule has 0 aliphatic rings. The van der Waals surface area contributed by atoms with Crippen LogP contribution in [-0.4, -0.2) is 30.1 Å². The summed E-state index contributed by atoms with van der Waals surface area (Å²) in [5, 5.41) is 14.9. The third-order valence-corrected chi connectivity index (χ3v) is 3.69. The van der Waals surface area contributed by atoms with Crippen molar-refractivity contribution in [3.8, 4) is 0 Å². The second-order valence-electron chi connectivity index (χ2n) is 4.80. The highest BCUT2D eigenvalue weighted by molar-refractivity contribution is 7.91. The summed E-state index contributed by atoms with van der Waals surface area (Å²) in [7, 11) is -3.50. The molecule has 0 aliphatic carbocycles. The van der Waals surface area contributed by atoms with Crippen molar-refractivity contribution in [3.05, 3.63) is 48.0 Å². The van der Waals surface area contributed by atoms with E-state index in [4.69, 9.17) is 0 Å². The molecule has 9 heteroatoms. The number of hydrogen-bond acceptors (Lipinski definition) is 8. The van der Waals surface area contributed by atoms with Gasteiger partial charge in [0.25, 0.3) is 0 Å². The molecular weight excluding hydrogens is 316 g/mol. The fourth-order valence-corrected chi connectivity index (χ4v) is 2.03. The third kappa shape index (κ3) is 5.99. The van der Waals surface area contributed by atoms with E-state index < -0.39 is 21.6 Å². The highest BCUT2D eigenvalue weighted by Gasteiger charge is 2.08. The van der Waals surface area contributed by atoms with E-state index in [9.17, 15) is 8.42 Å². The van der Waals surface area contributed by atoms with Crippen LogP contribution in [0, 0.1) is 13.8 Å². The number of aryl methyl sites for hydroxylation is 2. The zero-order valence-corrected chi connectivity index (χ0v) is 13.6. The van der Waals surface area contributed by atoms with Gasteiger partial charge >= 0.3 is 0 Å². The second-order valence-corrected chi connectivity index (χ2v) is 6.80. The molecule has 0 saturated heterocycles. The Bertz CT molecular complexity index is 735. The molecule has 2 heterocycles. The summed E-state index contributed by atoms with van der Waals surface area (Å²) in [6.07, 6.45) is 3.05. The van der Waals surface area contributed by atoms with E-state index in [0.29, 0.717) is 11.4 Å². The maximum atomic E-state index is 11.8. The van der Waals surface area contributed by atoms with Crippen LogP contribution in [0.2, 0.25) is 0 Å². The van der Waals surface area contributed by atoms with Gasteiger partial charge in [-0.15, -0.1) is 0 Å². The van der Waals surface area contributed by atoms with Gasteiger partial charge < -0.3 is 0 Å². The van der Waals surface area contributed by atoms with Crippen LogP contribution in [0.25, 0.3) is 0 Å². The number of azo groups is 2. The standard InChI is InChI=1S/C14H16N6O2S/c1-11-3-5-13(7-15-11)19-17-9-23(21,22)10-18-20-14-6-4-12(2)16-8-14/h3-8H,9-10H2,1-2H3. The zero-order chi connectivity index (χ0) is 16.7. The lowest BCUT2D eigenvalue weighted by Gasteiger charge is -1.96. The summed E-state index contributed by atoms with van der Waals surface area (Å²) in [5.41, 5.74) is 2.70. The minimum absolute atomic E-state index is 0.452. The Hall–Kier alpha value is -2.55. The van der Waals surface area contributed by atoms with Crippen molar-refractivity contribution in [2.75, 3.05) is 11.8 Å². The summed E-state index contributed by atoms with van der Waals surface area (Å²) in [4.78, 5) is 8.08. The van der Waals surface area contributed by atoms with Gasteiger partial charge in [-0.3, -0.25) is 9.97 Å². The fraction of sp³-hybridized carbons (Fsp3) is 0.286. The van der Waals surface area contributed by atoms with Crippen molar-refractivity contribution >= 4 is 21.2 Å². The summed E-state index contributed by atoms with van der Waals surface area (Å²) in [5.74, 6) is -0.905. The van der Waals surface area contributed by atoms with E-state index in [1.165, 1.54) is 12.4 Å². The van der Waals surface area contributed by atoms with Crippen molar-refractivity contribution in [2.24, 2.45) is 20.5 Å². The van der Waals surface area contributed by atoms with E-state index in [1.54, 1.807) is 24.3 Å². The fourth-order valence-electron chi connectivity index (χ4n) is 1.48. The molecular formula is C14H16N6O2S. The first-order chi connectivity index (χ1) is 10.9. The number of sulfone groups is 1. The Morgan fingerprint density at radius 2 is 1.26 bits per heavy atom. The van der Waals surface area contributed by atoms with Crippen molar-refractivity contribution in [3.63, 3.8) is 0 Å². The molecule has 0 unspecified atom stereocenters. The molecule has 0 N–H and O–H groups in total. The third-order valence-electron chi connectivity index (χ3n) is 2.67. The lowest BCUT2D eigenvalue weighted by molar-refractivity contribution is 0.595. The Balaban J connectivity index is 1.89. The summed E-state index contributed by atoms with van der Waals surface area (Å²) in [6, 6.07) is 6.96. The molecule has 0 radical (unpaired) electrons. The largest absolute Gasteiger partial charge is 0.259 e. The van der Waals surface area contributed by atoms with Gasteiger partial charge in [-0.2, -0.15) is 20.5 Å². The average Bonchev–Trinajstić information content (AvgIpc) is 2.51. The predicted molar refractivity (Wildman–Crippen MR) is 85.6 cm³/mol. The van der Waals surface area contributed by atoms with Gasteiger partial charge in [0.1, 0.15) is 11.4 Å². The van der Waals surface area contributed by atoms with Crippen LogP contribution in [-0.2, 0) is 9.84 Å². The van der Waals surface area contributed by atoms with Crippen LogP contribution < -0.4 is 0 Å². The quantitative estimate of drug-likeness (QED) is 0.756. The Morgan fingerprint density at radius 3 is 1.61 bits per heavy atom. The molecule has 0 fully saturated rings. The zero-order valence-electron chi connectivity index (χ0n) is 12.8. The maximum absolute atomic E-state index is 11.8. The number of rotatable bonds is 6. The molecule has 2 aromatic rings. The summed E-state index contributed by atoms with van der Waals surface area (Å²) in [6.45, 7) is 3.69. The normalized spacial score (nSPS) is 12.3. The lowest BCUT2D eigenvalue weighted by Crippen LogP contribution is -2.06. The van der Waals surface area contributed by atoms with Gasteiger partial charge in [0.2, 0.25) is 0 Å². The van der Waals surface area contributed by atoms with Crippen molar-refractivity contribution in [1.82, 2.24) is 9.97 Å². The van der Waals surface area contributed by atoms with Gasteiger partial charge in [-0.1, -0.05) is 0 Å². The SMILES string of the molecule is Cc1ccc(N=NCS(=O)(=O)CN=Nc2ccc(C)nc2)cn1. The molecule has 0 aliphatic heterocycles. The average molecular weight is 332 g/mol. The number of aromatic nitrogens is 2. The van der Waals surface area contributed by atoms with Crippen LogP contribution in [0.5, 0.6) is 0 Å². The van der Waals surface area contributed by atoms with E-state index in [1.807, 2.05) is 13.8 Å². The maximum Gasteiger partial charge on any atom is 0.194 e. The van der Waals surface area contributed by atoms with E-state index in [2.05, 4.69) is 30.4 Å². The van der Waals surface area contributed by atoms with Crippen molar-refractivity contribution in [1.29, 1.82) is 0 Å². The van der Waals surface area contributed by atoms with Crippen LogP contribution in [0.4, 0.5) is 11.4 Å². The molecule has 23 heavy (non-hydrogen) atoms. The Labute approximate surface area is 134 Å². The molecule has 8 nitrogen and oxygen atoms in total. The minimum Gasteiger partial charge on any atom is -0.259 e. The summed E-state index contributed by atoms with van der Waals surface area (Å²) >= 11 is 0. The van der Waals surface area contributed by atoms with Gasteiger partial charge in [0.15, 0.2) is 21.6 Å². The van der Waals surface area contributed by atoms with Gasteiger partial charge in [-0.05, 0) is 38.1 Å². The Morgan fingerprint density at radius 1 is 0.826 bits per heavy atom. The van der Waals surface area contributed by atoms with Gasteiger partial charge in [-0.25, -0.2) is 8.42 Å². The first kappa shape index (κ1) is 16.8. The molecule has 0 saturated carbocycles. The summed E-state index contributed by atoms with van der Waals surface area (Å²) < 4.78 is 23.6. The highest BCUT2D eigenvalue weighted by atomic mass is 32.2. The molecule has 0 aromatic carbocycles. The molecule has 120 valence electrons. The molecule has 0 atom stereocenters. The van der Waals surface area contributed by atoms with E-state index in [0.717, 1.165) is 11.4 Å². The van der Waals surface area contributed by atoms with Gasteiger partial charge in [0, 0.05) is 11.4 Å². The number of pyridine rings is 2. The topological polar surface area (TPSA) is 109 Å². The predicted octanol–water partition coefficient (Wildman–Crippen LogP) is 3.29. The Kier molecular flexibility index (Phi) is 5.58. The van der Waals surface area contributed by atoms with Crippen molar-refractivity contribution in [2.45, 2.75) is 13.8 Å². The van der Waals surface area contributed by atoms with E-state index >= 15 is 0 Å². The highest BCUT2D eigenvalue weighted by Crippen LogP contribution is 2.12. The first-order valence-corrected chi connectivity index (χ1v) is 8.57. The van der Waals surface area contributed by atoms with Gasteiger partial charge in [0.05, 0.1) is 12.4 Å². The van der Waals surface area contributed by atoms with Crippen LogP contribution >= 0.6 is 0 Å². The number of nitrogens with zero attached hydrogens (tertiary/aromatic N) is 6. The van der Waals surface area contributed by atoms with Crippen LogP contribution in [0.15, 0.2) is 57.1 Å². The second kappa shape index (κ2) is 7.63. The van der Waals surface area contributed by atoms with Crippen LogP contribution in [0.1, 0.15) is 11.4 Å². The molecule has 2 aromatic heterocycles. The van der Waals surface area contributed by atoms with E-state index in [-0.39, 0.29) is 0 Å². The minimum atomic E-state index is -3.50. The monoisotopic (exact) mass is 332 g/mol. The number of hydrogen-bond donors (Lipinski definition) is 0. The molecule has 2 rings (SSSR count). The first-order valence-electron chi connectivity index (χ1n) is 6.75. The molecule has 0 bridgehead atoms. The lowest BCUT2D eigenvalue weighted by atomic mass is 10.3. The molecule has 0 spiro atoms. The smallest absolute Gasteiger partial charge is 0.194 e. The molecule has 0 amide bonds. The van der Waals surface area contributed by atoms with Crippen molar-refractivity contribution < 1.29 is 8.42 Å².